The zero-order valence-electron chi connectivity index (χ0n) is 19.1. The Kier molecular flexibility index (Phi) is 6.07. The second-order valence-corrected chi connectivity index (χ2v) is 9.97. The molecular formula is C23H25N7O4S. The number of rotatable bonds is 6. The molecule has 2 aromatic rings. The molecule has 3 saturated heterocycles. The molecule has 0 saturated carbocycles. The third-order valence-corrected chi connectivity index (χ3v) is 6.98. The molecule has 0 unspecified atom stereocenters. The molecule has 0 atom stereocenters. The molecule has 5 rings (SSSR count). The quantitative estimate of drug-likeness (QED) is 0.511. The molecule has 0 radical (unpaired) electrons. The summed E-state index contributed by atoms with van der Waals surface area (Å²) < 4.78 is 0. The summed E-state index contributed by atoms with van der Waals surface area (Å²) in [7, 11) is 1.81. The van der Waals surface area contributed by atoms with Gasteiger partial charge in [-0.15, -0.1) is 0 Å². The molecule has 35 heavy (non-hydrogen) atoms. The summed E-state index contributed by atoms with van der Waals surface area (Å²) in [4.78, 5) is 51.1. The molecule has 1 aromatic carbocycles. The van der Waals surface area contributed by atoms with Gasteiger partial charge < -0.3 is 25.1 Å². The van der Waals surface area contributed by atoms with Gasteiger partial charge in [0.1, 0.15) is 5.82 Å². The lowest BCUT2D eigenvalue weighted by molar-refractivity contribution is -0.115. The Bertz CT molecular complexity index is 1190. The maximum Gasteiger partial charge on any atom is 0.321 e. The van der Waals surface area contributed by atoms with Crippen LogP contribution in [0.15, 0.2) is 41.3 Å². The Labute approximate surface area is 206 Å². The van der Waals surface area contributed by atoms with Gasteiger partial charge in [-0.2, -0.15) is 4.98 Å². The van der Waals surface area contributed by atoms with E-state index < -0.39 is 11.1 Å². The number of urea groups is 1. The topological polar surface area (TPSA) is 131 Å². The summed E-state index contributed by atoms with van der Waals surface area (Å²) in [5.74, 6) is 0.660. The highest BCUT2D eigenvalue weighted by molar-refractivity contribution is 8.18. The number of aliphatic hydroxyl groups excluding tert-OH is 1. The lowest BCUT2D eigenvalue weighted by atomic mass is 9.73. The Morgan fingerprint density at radius 1 is 1.23 bits per heavy atom. The second kappa shape index (κ2) is 9.19. The number of carbonyl (C=O) groups is 3. The first kappa shape index (κ1) is 23.1. The van der Waals surface area contributed by atoms with E-state index in [1.165, 1.54) is 0 Å². The zero-order chi connectivity index (χ0) is 24.6. The standard InChI is InChI=1S/C23H25N7O4S/c1-28(7-8-31)18-10-16(9-17-19(32)27-22(34)35-17)24-20(26-18)29-11-23(12-29)13-30(14-23)21(33)25-15-5-3-2-4-6-15/h2-6,9-10,31H,7-8,11-14H2,1H3,(H,25,33)(H,27,32,34)/b17-9+. The van der Waals surface area contributed by atoms with Crippen LogP contribution in [0.2, 0.25) is 0 Å². The molecule has 1 aromatic heterocycles. The number of aliphatic hydroxyl groups is 1. The summed E-state index contributed by atoms with van der Waals surface area (Å²) in [5.41, 5.74) is 1.28. The summed E-state index contributed by atoms with van der Waals surface area (Å²) in [6, 6.07) is 11.0. The smallest absolute Gasteiger partial charge is 0.321 e. The first-order valence-corrected chi connectivity index (χ1v) is 12.0. The number of nitrogens with one attached hydrogen (secondary N) is 2. The largest absolute Gasteiger partial charge is 0.395 e. The van der Waals surface area contributed by atoms with Crippen molar-refractivity contribution >= 4 is 52.5 Å². The molecule has 3 aliphatic rings. The number of amides is 4. The number of hydrogen-bond donors (Lipinski definition) is 3. The van der Waals surface area contributed by atoms with Crippen LogP contribution < -0.4 is 20.4 Å². The van der Waals surface area contributed by atoms with E-state index in [9.17, 15) is 19.5 Å². The average Bonchev–Trinajstić information content (AvgIpc) is 3.09. The van der Waals surface area contributed by atoms with Gasteiger partial charge in [0.25, 0.3) is 11.1 Å². The number of aromatic nitrogens is 2. The highest BCUT2D eigenvalue weighted by Crippen LogP contribution is 2.41. The molecule has 11 nitrogen and oxygen atoms in total. The highest BCUT2D eigenvalue weighted by atomic mass is 32.2. The van der Waals surface area contributed by atoms with Crippen LogP contribution >= 0.6 is 11.8 Å². The van der Waals surface area contributed by atoms with Crippen LogP contribution in [-0.4, -0.2) is 83.5 Å². The van der Waals surface area contributed by atoms with Gasteiger partial charge >= 0.3 is 6.03 Å². The number of anilines is 3. The minimum Gasteiger partial charge on any atom is -0.395 e. The van der Waals surface area contributed by atoms with Crippen LogP contribution in [0.25, 0.3) is 6.08 Å². The van der Waals surface area contributed by atoms with Crippen LogP contribution in [0.1, 0.15) is 5.69 Å². The summed E-state index contributed by atoms with van der Waals surface area (Å²) >= 11 is 0.833. The van der Waals surface area contributed by atoms with E-state index in [1.54, 1.807) is 21.9 Å². The maximum atomic E-state index is 12.5. The first-order valence-electron chi connectivity index (χ1n) is 11.2. The number of para-hydroxylation sites is 1. The molecule has 0 bridgehead atoms. The minimum atomic E-state index is -0.448. The van der Waals surface area contributed by atoms with Crippen molar-refractivity contribution in [3.05, 3.63) is 47.0 Å². The molecule has 3 N–H and O–H groups in total. The normalized spacial score (nSPS) is 19.4. The fraction of sp³-hybridized carbons (Fsp3) is 0.348. The van der Waals surface area contributed by atoms with Crippen molar-refractivity contribution in [1.29, 1.82) is 0 Å². The van der Waals surface area contributed by atoms with Gasteiger partial charge in [-0.1, -0.05) is 18.2 Å². The van der Waals surface area contributed by atoms with E-state index in [1.807, 2.05) is 42.3 Å². The van der Waals surface area contributed by atoms with Gasteiger partial charge in [0.15, 0.2) is 0 Å². The number of imide groups is 1. The Morgan fingerprint density at radius 3 is 2.63 bits per heavy atom. The van der Waals surface area contributed by atoms with Crippen LogP contribution in [0.4, 0.5) is 27.0 Å². The highest BCUT2D eigenvalue weighted by Gasteiger charge is 2.54. The van der Waals surface area contributed by atoms with Gasteiger partial charge in [-0.25, -0.2) is 9.78 Å². The lowest BCUT2D eigenvalue weighted by Gasteiger charge is -2.59. The van der Waals surface area contributed by atoms with Crippen molar-refractivity contribution in [3.63, 3.8) is 0 Å². The molecule has 0 aliphatic carbocycles. The number of likely N-dealkylation sites (N-methyl/N-ethyl adjacent to an activating group) is 1. The number of thioether (sulfide) groups is 1. The van der Waals surface area contributed by atoms with Crippen LogP contribution in [-0.2, 0) is 4.79 Å². The number of hydrogen-bond acceptors (Lipinski definition) is 9. The molecule has 3 fully saturated rings. The number of nitrogens with zero attached hydrogens (tertiary/aromatic N) is 5. The molecule has 1 spiro atoms. The van der Waals surface area contributed by atoms with Crippen molar-refractivity contribution in [2.45, 2.75) is 0 Å². The lowest BCUT2D eigenvalue weighted by Crippen LogP contribution is -2.73. The monoisotopic (exact) mass is 495 g/mol. The third kappa shape index (κ3) is 4.80. The summed E-state index contributed by atoms with van der Waals surface area (Å²) in [5, 5.41) is 14.1. The minimum absolute atomic E-state index is 0.0105. The van der Waals surface area contributed by atoms with Gasteiger partial charge in [-0.05, 0) is 30.0 Å². The van der Waals surface area contributed by atoms with Crippen molar-refractivity contribution in [2.75, 3.05) is 61.5 Å². The molecule has 182 valence electrons. The van der Waals surface area contributed by atoms with E-state index in [2.05, 4.69) is 20.6 Å². The second-order valence-electron chi connectivity index (χ2n) is 8.96. The SMILES string of the molecule is CN(CCO)c1cc(/C=C2/SC(=O)NC2=O)nc(N2CC3(CN(C(=O)Nc4ccccc4)C3)C2)n1. The van der Waals surface area contributed by atoms with Crippen molar-refractivity contribution in [2.24, 2.45) is 5.41 Å². The Morgan fingerprint density at radius 2 is 1.97 bits per heavy atom. The number of benzene rings is 1. The Hall–Kier alpha value is -3.64. The van der Waals surface area contributed by atoms with E-state index >= 15 is 0 Å². The van der Waals surface area contributed by atoms with Crippen LogP contribution in [0.3, 0.4) is 0 Å². The fourth-order valence-corrected chi connectivity index (χ4v) is 5.07. The summed E-state index contributed by atoms with van der Waals surface area (Å²) in [6.07, 6.45) is 1.57. The Balaban J connectivity index is 1.27. The summed E-state index contributed by atoms with van der Waals surface area (Å²) in [6.45, 7) is 3.07. The van der Waals surface area contributed by atoms with Crippen molar-refractivity contribution in [3.8, 4) is 0 Å². The molecule has 12 heteroatoms. The van der Waals surface area contributed by atoms with E-state index in [-0.39, 0.29) is 23.0 Å². The maximum absolute atomic E-state index is 12.5. The molecule has 4 amide bonds. The van der Waals surface area contributed by atoms with E-state index in [4.69, 9.17) is 0 Å². The zero-order valence-corrected chi connectivity index (χ0v) is 19.9. The molecule has 4 heterocycles. The van der Waals surface area contributed by atoms with Crippen LogP contribution in [0.5, 0.6) is 0 Å². The van der Waals surface area contributed by atoms with Gasteiger partial charge in [0, 0.05) is 56.9 Å². The first-order chi connectivity index (χ1) is 16.8. The van der Waals surface area contributed by atoms with Crippen LogP contribution in [0, 0.1) is 5.41 Å². The molecule has 3 aliphatic heterocycles. The van der Waals surface area contributed by atoms with E-state index in [0.717, 1.165) is 17.4 Å². The predicted octanol–water partition coefficient (Wildman–Crippen LogP) is 1.58. The van der Waals surface area contributed by atoms with Gasteiger partial charge in [-0.3, -0.25) is 14.9 Å². The number of likely N-dealkylation sites (tertiary alicyclic amines) is 1. The average molecular weight is 496 g/mol. The van der Waals surface area contributed by atoms with Crippen molar-refractivity contribution < 1.29 is 19.5 Å². The molecular weight excluding hydrogens is 470 g/mol. The van der Waals surface area contributed by atoms with Gasteiger partial charge in [0.2, 0.25) is 5.95 Å². The van der Waals surface area contributed by atoms with Crippen molar-refractivity contribution in [1.82, 2.24) is 20.2 Å². The number of carbonyl (C=O) groups excluding carboxylic acids is 3. The predicted molar refractivity (Wildman–Crippen MR) is 133 cm³/mol. The van der Waals surface area contributed by atoms with Gasteiger partial charge in [0.05, 0.1) is 17.2 Å². The third-order valence-electron chi connectivity index (χ3n) is 6.17. The van der Waals surface area contributed by atoms with E-state index in [0.29, 0.717) is 50.2 Å². The fourth-order valence-electron chi connectivity index (χ4n) is 4.41.